The van der Waals surface area contributed by atoms with Gasteiger partial charge in [-0.3, -0.25) is 4.79 Å². The fraction of sp³-hybridized carbons (Fsp3) is 0.0909. The monoisotopic (exact) mass is 311 g/mol. The number of nitrogens with two attached hydrogens (primary N) is 1. The number of halogens is 1. The molecule has 2 rings (SSSR count). The van der Waals surface area contributed by atoms with E-state index in [-0.39, 0.29) is 5.91 Å². The molecule has 1 aromatic carbocycles. The highest BCUT2D eigenvalue weighted by Crippen LogP contribution is 2.23. The van der Waals surface area contributed by atoms with Crippen LogP contribution < -0.4 is 11.1 Å². The molecule has 0 fully saturated rings. The van der Waals surface area contributed by atoms with Gasteiger partial charge in [0.2, 0.25) is 5.91 Å². The number of carbonyl (C=O) groups excluding carboxylic acids is 1. The summed E-state index contributed by atoms with van der Waals surface area (Å²) < 4.78 is 0.886. The van der Waals surface area contributed by atoms with Crippen molar-refractivity contribution in [2.45, 2.75) is 6.42 Å². The minimum Gasteiger partial charge on any atom is -0.399 e. The van der Waals surface area contributed by atoms with Crippen LogP contribution in [0.15, 0.2) is 34.2 Å². The van der Waals surface area contributed by atoms with Crippen molar-refractivity contribution in [3.8, 4) is 0 Å². The number of thiazole rings is 1. The first kappa shape index (κ1) is 12.1. The molecular weight excluding hydrogens is 302 g/mol. The van der Waals surface area contributed by atoms with Crippen molar-refractivity contribution in [2.24, 2.45) is 0 Å². The highest BCUT2D eigenvalue weighted by Gasteiger charge is 2.06. The van der Waals surface area contributed by atoms with Gasteiger partial charge in [0.15, 0.2) is 5.13 Å². The van der Waals surface area contributed by atoms with Gasteiger partial charge in [0.05, 0.1) is 16.4 Å². The highest BCUT2D eigenvalue weighted by atomic mass is 79.9. The van der Waals surface area contributed by atoms with Gasteiger partial charge in [-0.2, -0.15) is 0 Å². The molecule has 0 spiro atoms. The second kappa shape index (κ2) is 5.29. The molecule has 3 N–H and O–H groups in total. The summed E-state index contributed by atoms with van der Waals surface area (Å²) in [4.78, 5) is 15.7. The Balaban J connectivity index is 1.98. The lowest BCUT2D eigenvalue weighted by Gasteiger charge is -2.02. The zero-order valence-corrected chi connectivity index (χ0v) is 11.2. The molecule has 0 aliphatic heterocycles. The molecule has 88 valence electrons. The predicted molar refractivity (Wildman–Crippen MR) is 73.0 cm³/mol. The SMILES string of the molecule is Nc1cccc(CC(=O)Nc2ncc(Br)s2)c1. The first-order chi connectivity index (χ1) is 8.13. The number of nitrogen functional groups attached to an aromatic ring is 1. The summed E-state index contributed by atoms with van der Waals surface area (Å²) in [6.45, 7) is 0. The summed E-state index contributed by atoms with van der Waals surface area (Å²) in [7, 11) is 0. The number of aromatic nitrogens is 1. The second-order valence-corrected chi connectivity index (χ2v) is 5.85. The molecule has 0 atom stereocenters. The van der Waals surface area contributed by atoms with Gasteiger partial charge in [-0.1, -0.05) is 23.5 Å². The summed E-state index contributed by atoms with van der Waals surface area (Å²) in [5.74, 6) is -0.0996. The molecule has 0 aliphatic carbocycles. The van der Waals surface area contributed by atoms with E-state index in [0.717, 1.165) is 9.35 Å². The van der Waals surface area contributed by atoms with E-state index in [1.807, 2.05) is 12.1 Å². The van der Waals surface area contributed by atoms with E-state index >= 15 is 0 Å². The number of nitrogens with one attached hydrogen (secondary N) is 1. The molecular formula is C11H10BrN3OS. The maximum atomic E-state index is 11.7. The average Bonchev–Trinajstić information content (AvgIpc) is 2.63. The van der Waals surface area contributed by atoms with Crippen LogP contribution in [0.25, 0.3) is 0 Å². The molecule has 1 aromatic heterocycles. The van der Waals surface area contributed by atoms with Gasteiger partial charge in [-0.15, -0.1) is 0 Å². The lowest BCUT2D eigenvalue weighted by molar-refractivity contribution is -0.115. The average molecular weight is 312 g/mol. The first-order valence-corrected chi connectivity index (χ1v) is 6.50. The minimum absolute atomic E-state index is 0.0996. The number of hydrogen-bond donors (Lipinski definition) is 2. The van der Waals surface area contributed by atoms with Gasteiger partial charge in [0.1, 0.15) is 0 Å². The van der Waals surface area contributed by atoms with Gasteiger partial charge in [-0.25, -0.2) is 4.98 Å². The zero-order chi connectivity index (χ0) is 12.3. The largest absolute Gasteiger partial charge is 0.399 e. The summed E-state index contributed by atoms with van der Waals surface area (Å²) in [6.07, 6.45) is 1.95. The van der Waals surface area contributed by atoms with Crippen molar-refractivity contribution in [2.75, 3.05) is 11.1 Å². The molecule has 1 heterocycles. The Hall–Kier alpha value is -1.40. The van der Waals surface area contributed by atoms with Crippen molar-refractivity contribution in [3.63, 3.8) is 0 Å². The van der Waals surface area contributed by atoms with Crippen molar-refractivity contribution >= 4 is 44.0 Å². The molecule has 2 aromatic rings. The molecule has 6 heteroatoms. The van der Waals surface area contributed by atoms with E-state index in [1.54, 1.807) is 18.3 Å². The Kier molecular flexibility index (Phi) is 3.75. The van der Waals surface area contributed by atoms with E-state index in [2.05, 4.69) is 26.2 Å². The van der Waals surface area contributed by atoms with E-state index < -0.39 is 0 Å². The van der Waals surface area contributed by atoms with Crippen LogP contribution in [0, 0.1) is 0 Å². The Morgan fingerprint density at radius 1 is 1.53 bits per heavy atom. The normalized spacial score (nSPS) is 10.2. The van der Waals surface area contributed by atoms with Crippen LogP contribution in [-0.4, -0.2) is 10.9 Å². The van der Waals surface area contributed by atoms with Crippen LogP contribution in [0.5, 0.6) is 0 Å². The molecule has 0 saturated heterocycles. The number of anilines is 2. The summed E-state index contributed by atoms with van der Waals surface area (Å²) in [5, 5.41) is 3.32. The van der Waals surface area contributed by atoms with Crippen molar-refractivity contribution < 1.29 is 4.79 Å². The summed E-state index contributed by atoms with van der Waals surface area (Å²) in [6, 6.07) is 7.28. The lowest BCUT2D eigenvalue weighted by Crippen LogP contribution is -2.14. The Morgan fingerprint density at radius 2 is 2.35 bits per heavy atom. The number of hydrogen-bond acceptors (Lipinski definition) is 4. The topological polar surface area (TPSA) is 68.0 Å². The number of benzene rings is 1. The lowest BCUT2D eigenvalue weighted by atomic mass is 10.1. The molecule has 0 bridgehead atoms. The number of rotatable bonds is 3. The highest BCUT2D eigenvalue weighted by molar-refractivity contribution is 9.11. The van der Waals surface area contributed by atoms with E-state index in [4.69, 9.17) is 5.73 Å². The fourth-order valence-corrected chi connectivity index (χ4v) is 2.49. The van der Waals surface area contributed by atoms with Gasteiger partial charge in [-0.05, 0) is 33.6 Å². The maximum Gasteiger partial charge on any atom is 0.230 e. The molecule has 0 aliphatic rings. The quantitative estimate of drug-likeness (QED) is 0.856. The third kappa shape index (κ3) is 3.54. The molecule has 4 nitrogen and oxygen atoms in total. The van der Waals surface area contributed by atoms with Crippen LogP contribution >= 0.6 is 27.3 Å². The van der Waals surface area contributed by atoms with Crippen molar-refractivity contribution in [3.05, 3.63) is 39.8 Å². The first-order valence-electron chi connectivity index (χ1n) is 4.89. The minimum atomic E-state index is -0.0996. The van der Waals surface area contributed by atoms with E-state index in [1.165, 1.54) is 11.3 Å². The standard InChI is InChI=1S/C11H10BrN3OS/c12-9-6-14-11(17-9)15-10(16)5-7-2-1-3-8(13)4-7/h1-4,6H,5,13H2,(H,14,15,16). The van der Waals surface area contributed by atoms with E-state index in [0.29, 0.717) is 17.2 Å². The van der Waals surface area contributed by atoms with Crippen molar-refractivity contribution in [1.82, 2.24) is 4.98 Å². The Morgan fingerprint density at radius 3 is 3.00 bits per heavy atom. The molecule has 17 heavy (non-hydrogen) atoms. The number of nitrogens with zero attached hydrogens (tertiary/aromatic N) is 1. The van der Waals surface area contributed by atoms with Gasteiger partial charge in [0.25, 0.3) is 0 Å². The maximum absolute atomic E-state index is 11.7. The smallest absolute Gasteiger partial charge is 0.230 e. The van der Waals surface area contributed by atoms with Gasteiger partial charge >= 0.3 is 0 Å². The Labute approximate surface area is 111 Å². The van der Waals surface area contributed by atoms with Crippen molar-refractivity contribution in [1.29, 1.82) is 0 Å². The van der Waals surface area contributed by atoms with Crippen LogP contribution in [0.4, 0.5) is 10.8 Å². The van der Waals surface area contributed by atoms with Crippen LogP contribution in [0.2, 0.25) is 0 Å². The molecule has 0 radical (unpaired) electrons. The number of carbonyl (C=O) groups is 1. The van der Waals surface area contributed by atoms with Gasteiger partial charge < -0.3 is 11.1 Å². The van der Waals surface area contributed by atoms with Crippen LogP contribution in [-0.2, 0) is 11.2 Å². The summed E-state index contributed by atoms with van der Waals surface area (Å²) in [5.41, 5.74) is 7.19. The molecule has 1 amide bonds. The third-order valence-corrected chi connectivity index (χ3v) is 3.43. The number of amides is 1. The van der Waals surface area contributed by atoms with Crippen LogP contribution in [0.3, 0.4) is 0 Å². The van der Waals surface area contributed by atoms with E-state index in [9.17, 15) is 4.79 Å². The molecule has 0 saturated carbocycles. The Bertz CT molecular complexity index is 541. The van der Waals surface area contributed by atoms with Crippen LogP contribution in [0.1, 0.15) is 5.56 Å². The summed E-state index contributed by atoms with van der Waals surface area (Å²) >= 11 is 4.67. The zero-order valence-electron chi connectivity index (χ0n) is 8.81. The second-order valence-electron chi connectivity index (χ2n) is 3.44. The molecule has 0 unspecified atom stereocenters. The fourth-order valence-electron chi connectivity index (χ4n) is 1.36. The third-order valence-electron chi connectivity index (χ3n) is 2.04. The predicted octanol–water partition coefficient (Wildman–Crippen LogP) is 2.67. The van der Waals surface area contributed by atoms with Gasteiger partial charge in [0, 0.05) is 5.69 Å².